The molecule has 1 aromatic heterocycles. The average molecular weight is 360 g/mol. The predicted molar refractivity (Wildman–Crippen MR) is 100.0 cm³/mol. The van der Waals surface area contributed by atoms with Crippen LogP contribution < -0.4 is 5.32 Å². The van der Waals surface area contributed by atoms with Crippen molar-refractivity contribution in [1.29, 1.82) is 0 Å². The van der Waals surface area contributed by atoms with Crippen LogP contribution >= 0.6 is 11.3 Å². The largest absolute Gasteiger partial charge is 0.383 e. The number of hydrogen-bond acceptors (Lipinski definition) is 4. The highest BCUT2D eigenvalue weighted by atomic mass is 32.1. The van der Waals surface area contributed by atoms with E-state index in [1.165, 1.54) is 0 Å². The third-order valence-electron chi connectivity index (χ3n) is 4.63. The number of likely N-dealkylation sites (tertiary alicyclic amines) is 1. The van der Waals surface area contributed by atoms with Gasteiger partial charge in [0.05, 0.1) is 11.5 Å². The van der Waals surface area contributed by atoms with Gasteiger partial charge in [-0.05, 0) is 36.8 Å². The Morgan fingerprint density at radius 3 is 2.92 bits per heavy atom. The Morgan fingerprint density at radius 2 is 2.12 bits per heavy atom. The number of thiophene rings is 1. The number of benzene rings is 1. The molecule has 1 aliphatic rings. The van der Waals surface area contributed by atoms with E-state index in [2.05, 4.69) is 5.32 Å². The molecule has 1 fully saturated rings. The zero-order chi connectivity index (χ0) is 17.6. The summed E-state index contributed by atoms with van der Waals surface area (Å²) in [6, 6.07) is 10.0. The number of hydrogen-bond donors (Lipinski definition) is 1. The summed E-state index contributed by atoms with van der Waals surface area (Å²) in [6.45, 7) is 2.41. The van der Waals surface area contributed by atoms with Crippen LogP contribution in [0.4, 0.5) is 0 Å². The molecule has 134 valence electrons. The molecule has 3 rings (SSSR count). The molecule has 5 nitrogen and oxygen atoms in total. The van der Waals surface area contributed by atoms with Crippen LogP contribution in [-0.2, 0) is 9.53 Å². The van der Waals surface area contributed by atoms with Crippen LogP contribution in [0.3, 0.4) is 0 Å². The molecule has 2 amide bonds. The van der Waals surface area contributed by atoms with Crippen LogP contribution in [0.1, 0.15) is 28.9 Å². The first-order chi connectivity index (χ1) is 12.2. The van der Waals surface area contributed by atoms with E-state index in [4.69, 9.17) is 4.74 Å². The molecule has 1 aromatic carbocycles. The number of carbonyl (C=O) groups is 2. The van der Waals surface area contributed by atoms with E-state index in [-0.39, 0.29) is 17.7 Å². The highest BCUT2D eigenvalue weighted by Crippen LogP contribution is 2.27. The molecular weight excluding hydrogens is 336 g/mol. The summed E-state index contributed by atoms with van der Waals surface area (Å²) in [6.07, 6.45) is 2.41. The summed E-state index contributed by atoms with van der Waals surface area (Å²) in [5.41, 5.74) is 0. The maximum atomic E-state index is 12.8. The van der Waals surface area contributed by atoms with Crippen molar-refractivity contribution in [2.24, 2.45) is 5.92 Å². The molecule has 1 atom stereocenters. The zero-order valence-corrected chi connectivity index (χ0v) is 15.3. The predicted octanol–water partition coefficient (Wildman–Crippen LogP) is 2.91. The number of nitrogens with one attached hydrogen (secondary N) is 1. The minimum atomic E-state index is -0.0166. The number of rotatable bonds is 5. The van der Waals surface area contributed by atoms with Gasteiger partial charge in [-0.1, -0.05) is 18.2 Å². The molecule has 1 saturated heterocycles. The lowest BCUT2D eigenvalue weighted by molar-refractivity contribution is -0.125. The van der Waals surface area contributed by atoms with Crippen molar-refractivity contribution in [3.05, 3.63) is 35.2 Å². The summed E-state index contributed by atoms with van der Waals surface area (Å²) < 4.78 is 6.10. The molecule has 0 aliphatic carbocycles. The van der Waals surface area contributed by atoms with Crippen molar-refractivity contribution in [3.8, 4) is 0 Å². The third kappa shape index (κ3) is 4.38. The lowest BCUT2D eigenvalue weighted by Crippen LogP contribution is -2.34. The molecule has 2 aromatic rings. The third-order valence-corrected chi connectivity index (χ3v) is 5.73. The zero-order valence-electron chi connectivity index (χ0n) is 14.5. The summed E-state index contributed by atoms with van der Waals surface area (Å²) >= 11 is 1.54. The quantitative estimate of drug-likeness (QED) is 0.834. The van der Waals surface area contributed by atoms with E-state index >= 15 is 0 Å². The molecule has 1 N–H and O–H groups in total. The van der Waals surface area contributed by atoms with Gasteiger partial charge in [-0.3, -0.25) is 9.59 Å². The minimum Gasteiger partial charge on any atom is -0.383 e. The fourth-order valence-corrected chi connectivity index (χ4v) is 4.26. The van der Waals surface area contributed by atoms with Gasteiger partial charge in [-0.2, -0.15) is 0 Å². The summed E-state index contributed by atoms with van der Waals surface area (Å²) in [7, 11) is 1.62. The average Bonchev–Trinajstić information content (AvgIpc) is 2.90. The van der Waals surface area contributed by atoms with Crippen LogP contribution in [0.15, 0.2) is 30.3 Å². The van der Waals surface area contributed by atoms with Crippen LogP contribution in [0.25, 0.3) is 10.1 Å². The normalized spacial score (nSPS) is 18.1. The van der Waals surface area contributed by atoms with Gasteiger partial charge in [-0.15, -0.1) is 11.3 Å². The Balaban J connectivity index is 1.60. The second-order valence-corrected chi connectivity index (χ2v) is 7.44. The van der Waals surface area contributed by atoms with Gasteiger partial charge in [0, 0.05) is 37.4 Å². The standard InChI is InChI=1S/C19H24N2O3S/c1-24-12-9-20-18(22)14-6-4-10-21(11-8-14)19(23)17-13-15-5-2-3-7-16(15)25-17/h2-3,5,7,13-14H,4,6,8-12H2,1H3,(H,20,22). The number of fused-ring (bicyclic) bond motifs is 1. The van der Waals surface area contributed by atoms with Crippen molar-refractivity contribution < 1.29 is 14.3 Å². The van der Waals surface area contributed by atoms with Crippen molar-refractivity contribution in [3.63, 3.8) is 0 Å². The van der Waals surface area contributed by atoms with E-state index < -0.39 is 0 Å². The highest BCUT2D eigenvalue weighted by Gasteiger charge is 2.26. The van der Waals surface area contributed by atoms with Crippen molar-refractivity contribution in [2.45, 2.75) is 19.3 Å². The summed E-state index contributed by atoms with van der Waals surface area (Å²) in [5.74, 6) is 0.145. The lowest BCUT2D eigenvalue weighted by Gasteiger charge is -2.19. The molecule has 0 radical (unpaired) electrons. The van der Waals surface area contributed by atoms with E-state index in [0.29, 0.717) is 19.7 Å². The maximum Gasteiger partial charge on any atom is 0.263 e. The minimum absolute atomic E-state index is 0.0166. The topological polar surface area (TPSA) is 58.6 Å². The van der Waals surface area contributed by atoms with Crippen molar-refractivity contribution in [1.82, 2.24) is 10.2 Å². The first-order valence-electron chi connectivity index (χ1n) is 8.73. The summed E-state index contributed by atoms with van der Waals surface area (Å²) in [5, 5.41) is 4.02. The molecule has 25 heavy (non-hydrogen) atoms. The van der Waals surface area contributed by atoms with Gasteiger partial charge in [0.1, 0.15) is 0 Å². The Kier molecular flexibility index (Phi) is 6.04. The van der Waals surface area contributed by atoms with E-state index in [0.717, 1.165) is 40.8 Å². The van der Waals surface area contributed by atoms with Crippen LogP contribution in [0.5, 0.6) is 0 Å². The molecule has 1 unspecified atom stereocenters. The Bertz CT molecular complexity index is 710. The lowest BCUT2D eigenvalue weighted by atomic mass is 10.00. The van der Waals surface area contributed by atoms with Crippen LogP contribution in [0, 0.1) is 5.92 Å². The molecular formula is C19H24N2O3S. The van der Waals surface area contributed by atoms with E-state index in [9.17, 15) is 9.59 Å². The van der Waals surface area contributed by atoms with Crippen molar-refractivity contribution >= 4 is 33.2 Å². The van der Waals surface area contributed by atoms with Gasteiger partial charge >= 0.3 is 0 Å². The molecule has 1 aliphatic heterocycles. The van der Waals surface area contributed by atoms with Gasteiger partial charge in [0.15, 0.2) is 0 Å². The van der Waals surface area contributed by atoms with Gasteiger partial charge in [-0.25, -0.2) is 0 Å². The van der Waals surface area contributed by atoms with Gasteiger partial charge in [0.25, 0.3) is 5.91 Å². The fraction of sp³-hybridized carbons (Fsp3) is 0.474. The number of methoxy groups -OCH3 is 1. The molecule has 0 spiro atoms. The first kappa shape index (κ1) is 17.9. The van der Waals surface area contributed by atoms with E-state index in [1.54, 1.807) is 18.4 Å². The SMILES string of the molecule is COCCNC(=O)C1CCCN(C(=O)c2cc3ccccc3s2)CC1. The number of ether oxygens (including phenoxy) is 1. The smallest absolute Gasteiger partial charge is 0.263 e. The first-order valence-corrected chi connectivity index (χ1v) is 9.55. The van der Waals surface area contributed by atoms with Crippen molar-refractivity contribution in [2.75, 3.05) is 33.4 Å². The molecule has 0 saturated carbocycles. The number of carbonyl (C=O) groups excluding carboxylic acids is 2. The Morgan fingerprint density at radius 1 is 1.28 bits per heavy atom. The second-order valence-electron chi connectivity index (χ2n) is 6.35. The van der Waals surface area contributed by atoms with Gasteiger partial charge < -0.3 is 15.0 Å². The molecule has 2 heterocycles. The monoisotopic (exact) mass is 360 g/mol. The molecule has 6 heteroatoms. The summed E-state index contributed by atoms with van der Waals surface area (Å²) in [4.78, 5) is 27.7. The van der Waals surface area contributed by atoms with Crippen LogP contribution in [0.2, 0.25) is 0 Å². The van der Waals surface area contributed by atoms with Crippen LogP contribution in [-0.4, -0.2) is 50.1 Å². The Hall–Kier alpha value is -1.92. The number of nitrogens with zero attached hydrogens (tertiary/aromatic N) is 1. The second kappa shape index (κ2) is 8.45. The molecule has 0 bridgehead atoms. The highest BCUT2D eigenvalue weighted by molar-refractivity contribution is 7.20. The Labute approximate surface area is 152 Å². The van der Waals surface area contributed by atoms with E-state index in [1.807, 2.05) is 35.2 Å². The maximum absolute atomic E-state index is 12.8. The number of amides is 2. The fourth-order valence-electron chi connectivity index (χ4n) is 3.23. The van der Waals surface area contributed by atoms with Gasteiger partial charge in [0.2, 0.25) is 5.91 Å².